The van der Waals surface area contributed by atoms with Crippen LogP contribution in [-0.2, 0) is 11.8 Å². The molecule has 2 atom stereocenters. The van der Waals surface area contributed by atoms with Crippen LogP contribution in [-0.4, -0.2) is 38.4 Å². The van der Waals surface area contributed by atoms with Crippen LogP contribution in [0.4, 0.5) is 0 Å². The summed E-state index contributed by atoms with van der Waals surface area (Å²) in [7, 11) is 2.06. The van der Waals surface area contributed by atoms with E-state index >= 15 is 0 Å². The van der Waals surface area contributed by atoms with E-state index in [2.05, 4.69) is 17.7 Å². The summed E-state index contributed by atoms with van der Waals surface area (Å²) in [6, 6.07) is 8.28. The van der Waals surface area contributed by atoms with Gasteiger partial charge in [-0.05, 0) is 44.6 Å². The highest BCUT2D eigenvalue weighted by atomic mass is 32.2. The second kappa shape index (κ2) is 6.32. The van der Waals surface area contributed by atoms with Gasteiger partial charge in [-0.15, -0.1) is 0 Å². The van der Waals surface area contributed by atoms with Gasteiger partial charge >= 0.3 is 0 Å². The maximum absolute atomic E-state index is 12.7. The Morgan fingerprint density at radius 2 is 2.14 bits per heavy atom. The first-order valence-corrected chi connectivity index (χ1v) is 9.17. The molecular weight excluding hydrogens is 294 g/mol. The summed E-state index contributed by atoms with van der Waals surface area (Å²) in [6.07, 6.45) is 5.25. The van der Waals surface area contributed by atoms with E-state index < -0.39 is 0 Å². The van der Waals surface area contributed by atoms with E-state index in [1.807, 2.05) is 36.3 Å². The number of carbonyl (C=O) groups excluding carboxylic acids is 1. The van der Waals surface area contributed by atoms with Crippen LogP contribution in [0.15, 0.2) is 24.3 Å². The number of imidazole rings is 1. The van der Waals surface area contributed by atoms with Gasteiger partial charge in [-0.1, -0.05) is 12.1 Å². The topological polar surface area (TPSA) is 38.1 Å². The van der Waals surface area contributed by atoms with Crippen molar-refractivity contribution < 1.29 is 4.79 Å². The fraction of sp³-hybridized carbons (Fsp3) is 0.529. The maximum atomic E-state index is 12.7. The van der Waals surface area contributed by atoms with Crippen molar-refractivity contribution in [3.8, 4) is 0 Å². The number of nitrogens with zero attached hydrogens (tertiary/aromatic N) is 3. The van der Waals surface area contributed by atoms with Crippen LogP contribution in [0.2, 0.25) is 0 Å². The van der Waals surface area contributed by atoms with Gasteiger partial charge in [-0.2, -0.15) is 11.8 Å². The lowest BCUT2D eigenvalue weighted by Gasteiger charge is -2.36. The quantitative estimate of drug-likeness (QED) is 0.871. The first-order chi connectivity index (χ1) is 10.6. The molecule has 118 valence electrons. The fourth-order valence-electron chi connectivity index (χ4n) is 3.26. The SMILES string of the molecule is CSC(C)C(=O)N1CCCCC1c1nc2ccccc2n1C. The van der Waals surface area contributed by atoms with Gasteiger partial charge in [0.15, 0.2) is 0 Å². The number of aryl methyl sites for hydroxylation is 1. The number of likely N-dealkylation sites (tertiary alicyclic amines) is 1. The van der Waals surface area contributed by atoms with Crippen molar-refractivity contribution in [1.29, 1.82) is 0 Å². The number of thioether (sulfide) groups is 1. The third-order valence-corrected chi connectivity index (χ3v) is 5.52. The smallest absolute Gasteiger partial charge is 0.236 e. The van der Waals surface area contributed by atoms with Gasteiger partial charge in [-0.3, -0.25) is 4.79 Å². The lowest BCUT2D eigenvalue weighted by Crippen LogP contribution is -2.43. The molecule has 1 saturated heterocycles. The molecule has 0 aliphatic carbocycles. The standard InChI is InChI=1S/C17H23N3OS/c1-12(22-3)17(21)20-11-7-6-10-15(20)16-18-13-8-4-5-9-14(13)19(16)2/h4-5,8-9,12,15H,6-7,10-11H2,1-3H3. The number of amides is 1. The van der Waals surface area contributed by atoms with Gasteiger partial charge in [0.05, 0.1) is 22.3 Å². The Morgan fingerprint density at radius 1 is 1.36 bits per heavy atom. The monoisotopic (exact) mass is 317 g/mol. The van der Waals surface area contributed by atoms with E-state index in [9.17, 15) is 4.79 Å². The number of hydrogen-bond acceptors (Lipinski definition) is 3. The second-order valence-corrected chi connectivity index (χ2v) is 7.12. The van der Waals surface area contributed by atoms with Gasteiger partial charge in [-0.25, -0.2) is 4.98 Å². The van der Waals surface area contributed by atoms with Crippen LogP contribution >= 0.6 is 11.8 Å². The van der Waals surface area contributed by atoms with Crippen LogP contribution in [0, 0.1) is 0 Å². The first kappa shape index (κ1) is 15.4. The molecule has 5 heteroatoms. The average Bonchev–Trinajstić information content (AvgIpc) is 2.90. The van der Waals surface area contributed by atoms with E-state index in [-0.39, 0.29) is 17.2 Å². The number of carbonyl (C=O) groups is 1. The minimum atomic E-state index is 0.00952. The minimum absolute atomic E-state index is 0.00952. The Labute approximate surface area is 135 Å². The molecule has 1 amide bonds. The number of hydrogen-bond donors (Lipinski definition) is 0. The van der Waals surface area contributed by atoms with Crippen molar-refractivity contribution >= 4 is 28.7 Å². The van der Waals surface area contributed by atoms with Crippen LogP contribution < -0.4 is 0 Å². The number of para-hydroxylation sites is 2. The molecule has 2 heterocycles. The summed E-state index contributed by atoms with van der Waals surface area (Å²) in [6.45, 7) is 2.84. The Hall–Kier alpha value is -1.49. The molecule has 22 heavy (non-hydrogen) atoms. The van der Waals surface area contributed by atoms with Gasteiger partial charge in [0.1, 0.15) is 5.82 Å². The molecule has 4 nitrogen and oxygen atoms in total. The summed E-state index contributed by atoms with van der Waals surface area (Å²) >= 11 is 1.61. The predicted molar refractivity (Wildman–Crippen MR) is 92.0 cm³/mol. The van der Waals surface area contributed by atoms with Crippen LogP contribution in [0.25, 0.3) is 11.0 Å². The zero-order valence-electron chi connectivity index (χ0n) is 13.5. The summed E-state index contributed by atoms with van der Waals surface area (Å²) in [5.74, 6) is 1.26. The maximum Gasteiger partial charge on any atom is 0.236 e. The zero-order valence-corrected chi connectivity index (χ0v) is 14.3. The number of fused-ring (bicyclic) bond motifs is 1. The molecule has 1 aromatic heterocycles. The van der Waals surface area contributed by atoms with E-state index in [0.717, 1.165) is 42.7 Å². The molecule has 3 rings (SSSR count). The van der Waals surface area contributed by atoms with Crippen molar-refractivity contribution in [3.63, 3.8) is 0 Å². The highest BCUT2D eigenvalue weighted by Crippen LogP contribution is 2.33. The number of piperidine rings is 1. The summed E-state index contributed by atoms with van der Waals surface area (Å²) in [4.78, 5) is 19.6. The number of aromatic nitrogens is 2. The Balaban J connectivity index is 1.99. The van der Waals surface area contributed by atoms with Gasteiger partial charge in [0, 0.05) is 13.6 Å². The largest absolute Gasteiger partial charge is 0.332 e. The molecule has 0 radical (unpaired) electrons. The molecular formula is C17H23N3OS. The molecule has 1 aliphatic rings. The Morgan fingerprint density at radius 3 is 2.86 bits per heavy atom. The van der Waals surface area contributed by atoms with Gasteiger partial charge in [0.2, 0.25) is 5.91 Å². The molecule has 0 N–H and O–H groups in total. The predicted octanol–water partition coefficient (Wildman–Crippen LogP) is 3.38. The number of rotatable bonds is 3. The molecule has 1 aliphatic heterocycles. The first-order valence-electron chi connectivity index (χ1n) is 7.88. The van der Waals surface area contributed by atoms with Crippen molar-refractivity contribution in [2.45, 2.75) is 37.5 Å². The van der Waals surface area contributed by atoms with Crippen LogP contribution in [0.5, 0.6) is 0 Å². The average molecular weight is 317 g/mol. The molecule has 0 bridgehead atoms. The Bertz CT molecular complexity index is 682. The fourth-order valence-corrected chi connectivity index (χ4v) is 3.60. The van der Waals surface area contributed by atoms with Crippen LogP contribution in [0.3, 0.4) is 0 Å². The van der Waals surface area contributed by atoms with E-state index in [1.165, 1.54) is 0 Å². The lowest BCUT2D eigenvalue weighted by molar-refractivity contribution is -0.134. The second-order valence-electron chi connectivity index (χ2n) is 5.94. The third kappa shape index (κ3) is 2.62. The van der Waals surface area contributed by atoms with Crippen molar-refractivity contribution in [1.82, 2.24) is 14.5 Å². The normalized spacial score (nSPS) is 20.3. The Kier molecular flexibility index (Phi) is 4.43. The third-order valence-electron chi connectivity index (χ3n) is 4.61. The molecule has 2 unspecified atom stereocenters. The highest BCUT2D eigenvalue weighted by Gasteiger charge is 2.33. The zero-order chi connectivity index (χ0) is 15.7. The van der Waals surface area contributed by atoms with Crippen molar-refractivity contribution in [3.05, 3.63) is 30.1 Å². The summed E-state index contributed by atoms with van der Waals surface area (Å²) < 4.78 is 2.15. The minimum Gasteiger partial charge on any atom is -0.332 e. The van der Waals surface area contributed by atoms with Gasteiger partial charge in [0.25, 0.3) is 0 Å². The van der Waals surface area contributed by atoms with Gasteiger partial charge < -0.3 is 9.47 Å². The summed E-state index contributed by atoms with van der Waals surface area (Å²) in [5.41, 5.74) is 2.14. The molecule has 0 spiro atoms. The lowest BCUT2D eigenvalue weighted by atomic mass is 10.0. The van der Waals surface area contributed by atoms with Crippen molar-refractivity contribution in [2.24, 2.45) is 7.05 Å². The van der Waals surface area contributed by atoms with Crippen molar-refractivity contribution in [2.75, 3.05) is 12.8 Å². The molecule has 1 fully saturated rings. The van der Waals surface area contributed by atoms with Crippen LogP contribution in [0.1, 0.15) is 38.1 Å². The highest BCUT2D eigenvalue weighted by molar-refractivity contribution is 7.99. The van der Waals surface area contributed by atoms with E-state index in [1.54, 1.807) is 11.8 Å². The van der Waals surface area contributed by atoms with E-state index in [4.69, 9.17) is 4.98 Å². The molecule has 2 aromatic rings. The number of benzene rings is 1. The summed E-state index contributed by atoms with van der Waals surface area (Å²) in [5, 5.41) is 0.00952. The molecule has 0 saturated carbocycles. The van der Waals surface area contributed by atoms with E-state index in [0.29, 0.717) is 0 Å². The molecule has 1 aromatic carbocycles.